The molecule has 0 radical (unpaired) electrons. The minimum atomic E-state index is -0.786. The molecule has 1 fully saturated rings. The van der Waals surface area contributed by atoms with Gasteiger partial charge in [-0.05, 0) is 49.2 Å². The normalized spacial score (nSPS) is 17.0. The molecule has 1 aromatic carbocycles. The molecule has 27 heavy (non-hydrogen) atoms. The summed E-state index contributed by atoms with van der Waals surface area (Å²) in [6.45, 7) is 4.01. The predicted octanol–water partition coefficient (Wildman–Crippen LogP) is 2.93. The highest BCUT2D eigenvalue weighted by Crippen LogP contribution is 2.22. The molecule has 1 saturated heterocycles. The summed E-state index contributed by atoms with van der Waals surface area (Å²) in [5.41, 5.74) is 0.860. The zero-order valence-electron chi connectivity index (χ0n) is 15.0. The fourth-order valence-electron chi connectivity index (χ4n) is 2.51. The fraction of sp³-hybridized carbons (Fsp3) is 0.200. The standard InChI is InChI=1S/C20H19N3O4/c1-3-13(2)27-16-6-4-14(5-7-16)12-17-18(24)22-20(26)23(19(17)25)15-8-10-21-11-9-15/h4-13H,3H2,1-2H3,(H,22,24,26)/b17-12+/t13-/m1/s1. The maximum Gasteiger partial charge on any atom is 0.335 e. The Balaban J connectivity index is 1.87. The van der Waals surface area contributed by atoms with Gasteiger partial charge in [-0.1, -0.05) is 19.1 Å². The summed E-state index contributed by atoms with van der Waals surface area (Å²) in [5.74, 6) is -0.704. The second-order valence-electron chi connectivity index (χ2n) is 6.07. The van der Waals surface area contributed by atoms with E-state index >= 15 is 0 Å². The Labute approximate surface area is 156 Å². The van der Waals surface area contributed by atoms with Gasteiger partial charge in [-0.2, -0.15) is 0 Å². The smallest absolute Gasteiger partial charge is 0.335 e. The van der Waals surface area contributed by atoms with Gasteiger partial charge in [-0.15, -0.1) is 0 Å². The number of hydrogen-bond acceptors (Lipinski definition) is 5. The number of anilines is 1. The summed E-state index contributed by atoms with van der Waals surface area (Å²) in [6, 6.07) is 9.30. The van der Waals surface area contributed by atoms with Crippen LogP contribution in [0.25, 0.3) is 6.08 Å². The number of benzene rings is 1. The van der Waals surface area contributed by atoms with Crippen molar-refractivity contribution in [3.05, 3.63) is 59.9 Å². The molecule has 0 unspecified atom stereocenters. The van der Waals surface area contributed by atoms with Crippen molar-refractivity contribution in [2.75, 3.05) is 4.90 Å². The molecular weight excluding hydrogens is 346 g/mol. The molecule has 4 amide bonds. The summed E-state index contributed by atoms with van der Waals surface area (Å²) in [4.78, 5) is 41.8. The number of ether oxygens (including phenoxy) is 1. The van der Waals surface area contributed by atoms with Gasteiger partial charge in [0.1, 0.15) is 11.3 Å². The number of rotatable bonds is 5. The van der Waals surface area contributed by atoms with Crippen LogP contribution in [0.5, 0.6) is 5.75 Å². The van der Waals surface area contributed by atoms with E-state index < -0.39 is 17.8 Å². The van der Waals surface area contributed by atoms with E-state index in [0.29, 0.717) is 17.0 Å². The molecule has 1 aliphatic heterocycles. The summed E-state index contributed by atoms with van der Waals surface area (Å²) in [6.07, 6.45) is 5.36. The number of imide groups is 2. The SMILES string of the molecule is CC[C@@H](C)Oc1ccc(/C=C2\C(=O)NC(=O)N(c3ccncc3)C2=O)cc1. The van der Waals surface area contributed by atoms with Crippen molar-refractivity contribution >= 4 is 29.6 Å². The van der Waals surface area contributed by atoms with E-state index in [2.05, 4.69) is 10.3 Å². The van der Waals surface area contributed by atoms with Gasteiger partial charge in [0.15, 0.2) is 0 Å². The van der Waals surface area contributed by atoms with E-state index in [0.717, 1.165) is 11.3 Å². The predicted molar refractivity (Wildman–Crippen MR) is 100 cm³/mol. The van der Waals surface area contributed by atoms with Crippen LogP contribution in [-0.2, 0) is 9.59 Å². The number of nitrogens with zero attached hydrogens (tertiary/aromatic N) is 2. The topological polar surface area (TPSA) is 88.6 Å². The number of hydrogen-bond donors (Lipinski definition) is 1. The molecule has 2 heterocycles. The molecule has 3 rings (SSSR count). The van der Waals surface area contributed by atoms with Gasteiger partial charge in [-0.25, -0.2) is 9.69 Å². The van der Waals surface area contributed by atoms with Crippen LogP contribution >= 0.6 is 0 Å². The minimum Gasteiger partial charge on any atom is -0.491 e. The number of carbonyl (C=O) groups is 3. The number of barbiturate groups is 1. The second kappa shape index (κ2) is 7.82. The maximum absolute atomic E-state index is 12.7. The average Bonchev–Trinajstić information content (AvgIpc) is 2.67. The molecule has 138 valence electrons. The molecule has 0 spiro atoms. The Kier molecular flexibility index (Phi) is 5.30. The first-order valence-corrected chi connectivity index (χ1v) is 8.57. The van der Waals surface area contributed by atoms with Gasteiger partial charge < -0.3 is 4.74 Å². The third kappa shape index (κ3) is 4.03. The Morgan fingerprint density at radius 3 is 2.41 bits per heavy atom. The van der Waals surface area contributed by atoms with Gasteiger partial charge in [0.2, 0.25) is 0 Å². The van der Waals surface area contributed by atoms with Crippen LogP contribution in [-0.4, -0.2) is 28.9 Å². The van der Waals surface area contributed by atoms with Crippen LogP contribution < -0.4 is 15.0 Å². The lowest BCUT2D eigenvalue weighted by molar-refractivity contribution is -0.122. The fourth-order valence-corrected chi connectivity index (χ4v) is 2.51. The second-order valence-corrected chi connectivity index (χ2v) is 6.07. The molecule has 0 aliphatic carbocycles. The van der Waals surface area contributed by atoms with Gasteiger partial charge in [0, 0.05) is 12.4 Å². The van der Waals surface area contributed by atoms with Crippen LogP contribution in [0.1, 0.15) is 25.8 Å². The van der Waals surface area contributed by atoms with Crippen molar-refractivity contribution in [2.45, 2.75) is 26.4 Å². The van der Waals surface area contributed by atoms with Crippen LogP contribution in [0.2, 0.25) is 0 Å². The van der Waals surface area contributed by atoms with Crippen LogP contribution in [0.3, 0.4) is 0 Å². The highest BCUT2D eigenvalue weighted by atomic mass is 16.5. The molecule has 7 nitrogen and oxygen atoms in total. The Hall–Kier alpha value is -3.48. The largest absolute Gasteiger partial charge is 0.491 e. The first-order chi connectivity index (χ1) is 13.0. The Morgan fingerprint density at radius 1 is 1.11 bits per heavy atom. The molecule has 1 atom stereocenters. The molecule has 0 bridgehead atoms. The van der Waals surface area contributed by atoms with E-state index in [1.807, 2.05) is 13.8 Å². The third-order valence-electron chi connectivity index (χ3n) is 4.13. The van der Waals surface area contributed by atoms with E-state index in [1.165, 1.54) is 30.6 Å². The van der Waals surface area contributed by atoms with Crippen molar-refractivity contribution < 1.29 is 19.1 Å². The lowest BCUT2D eigenvalue weighted by atomic mass is 10.1. The monoisotopic (exact) mass is 365 g/mol. The Morgan fingerprint density at radius 2 is 1.78 bits per heavy atom. The van der Waals surface area contributed by atoms with E-state index in [1.54, 1.807) is 24.3 Å². The summed E-state index contributed by atoms with van der Waals surface area (Å²) in [5, 5.41) is 2.19. The molecule has 1 aliphatic rings. The van der Waals surface area contributed by atoms with Gasteiger partial charge in [-0.3, -0.25) is 19.9 Å². The van der Waals surface area contributed by atoms with Crippen molar-refractivity contribution in [1.82, 2.24) is 10.3 Å². The van der Waals surface area contributed by atoms with E-state index in [4.69, 9.17) is 4.74 Å². The number of amides is 4. The number of carbonyl (C=O) groups excluding carboxylic acids is 3. The molecule has 2 aromatic rings. The molecule has 0 saturated carbocycles. The number of pyridine rings is 1. The molecule has 7 heteroatoms. The van der Waals surface area contributed by atoms with Gasteiger partial charge >= 0.3 is 6.03 Å². The number of urea groups is 1. The average molecular weight is 365 g/mol. The van der Waals surface area contributed by atoms with Gasteiger partial charge in [0.25, 0.3) is 11.8 Å². The quantitative estimate of drug-likeness (QED) is 0.650. The zero-order valence-corrected chi connectivity index (χ0v) is 15.0. The molecule has 1 N–H and O–H groups in total. The first-order valence-electron chi connectivity index (χ1n) is 8.57. The highest BCUT2D eigenvalue weighted by Gasteiger charge is 2.36. The van der Waals surface area contributed by atoms with Crippen molar-refractivity contribution in [3.63, 3.8) is 0 Å². The van der Waals surface area contributed by atoms with Crippen molar-refractivity contribution in [3.8, 4) is 5.75 Å². The van der Waals surface area contributed by atoms with Crippen molar-refractivity contribution in [1.29, 1.82) is 0 Å². The minimum absolute atomic E-state index is 0.0971. The van der Waals surface area contributed by atoms with Crippen LogP contribution in [0, 0.1) is 0 Å². The molecule has 1 aromatic heterocycles. The Bertz CT molecular complexity index is 891. The summed E-state index contributed by atoms with van der Waals surface area (Å²) >= 11 is 0. The van der Waals surface area contributed by atoms with Crippen LogP contribution in [0.15, 0.2) is 54.4 Å². The third-order valence-corrected chi connectivity index (χ3v) is 4.13. The number of nitrogens with one attached hydrogen (secondary N) is 1. The van der Waals surface area contributed by atoms with Crippen molar-refractivity contribution in [2.24, 2.45) is 0 Å². The maximum atomic E-state index is 12.7. The lowest BCUT2D eigenvalue weighted by Gasteiger charge is -2.26. The number of aromatic nitrogens is 1. The summed E-state index contributed by atoms with van der Waals surface area (Å²) < 4.78 is 5.71. The first kappa shape index (κ1) is 18.3. The van der Waals surface area contributed by atoms with Crippen LogP contribution in [0.4, 0.5) is 10.5 Å². The van der Waals surface area contributed by atoms with E-state index in [9.17, 15) is 14.4 Å². The molecular formula is C20H19N3O4. The highest BCUT2D eigenvalue weighted by molar-refractivity contribution is 6.39. The van der Waals surface area contributed by atoms with Gasteiger partial charge in [0.05, 0.1) is 11.8 Å². The zero-order chi connectivity index (χ0) is 19.4. The summed E-state index contributed by atoms with van der Waals surface area (Å²) in [7, 11) is 0. The van der Waals surface area contributed by atoms with E-state index in [-0.39, 0.29) is 11.7 Å². The lowest BCUT2D eigenvalue weighted by Crippen LogP contribution is -2.54.